The highest BCUT2D eigenvalue weighted by Crippen LogP contribution is 2.32. The number of amides is 3. The molecule has 0 saturated heterocycles. The Morgan fingerprint density at radius 3 is 2.57 bits per heavy atom. The van der Waals surface area contributed by atoms with Gasteiger partial charge >= 0.3 is 0 Å². The first-order valence-corrected chi connectivity index (χ1v) is 10.3. The van der Waals surface area contributed by atoms with Crippen LogP contribution in [0.2, 0.25) is 0 Å². The SMILES string of the molecule is Cc1cc2c(c(C(C)C(=O)Nc3ccc(-c4csc(C)n4)cn3)c1)C(=O)N(C)C2=O. The monoisotopic (exact) mass is 420 g/mol. The molecule has 4 rings (SSSR count). The zero-order chi connectivity index (χ0) is 21.6. The molecule has 1 aliphatic rings. The van der Waals surface area contributed by atoms with Gasteiger partial charge in [-0.25, -0.2) is 9.97 Å². The van der Waals surface area contributed by atoms with Gasteiger partial charge in [0.15, 0.2) is 0 Å². The minimum absolute atomic E-state index is 0.303. The number of imide groups is 1. The lowest BCUT2D eigenvalue weighted by molar-refractivity contribution is -0.117. The van der Waals surface area contributed by atoms with Gasteiger partial charge < -0.3 is 5.32 Å². The fourth-order valence-electron chi connectivity index (χ4n) is 3.49. The van der Waals surface area contributed by atoms with Crippen LogP contribution in [0.3, 0.4) is 0 Å². The second kappa shape index (κ2) is 7.46. The number of rotatable bonds is 4. The molecule has 1 unspecified atom stereocenters. The molecule has 0 spiro atoms. The minimum atomic E-state index is -0.635. The smallest absolute Gasteiger partial charge is 0.261 e. The van der Waals surface area contributed by atoms with Crippen LogP contribution in [-0.2, 0) is 4.79 Å². The predicted molar refractivity (Wildman–Crippen MR) is 115 cm³/mol. The van der Waals surface area contributed by atoms with E-state index in [4.69, 9.17) is 0 Å². The zero-order valence-electron chi connectivity index (χ0n) is 17.0. The van der Waals surface area contributed by atoms with E-state index in [9.17, 15) is 14.4 Å². The number of anilines is 1. The second-order valence-electron chi connectivity index (χ2n) is 7.34. The molecule has 3 heterocycles. The highest BCUT2D eigenvalue weighted by atomic mass is 32.1. The topological polar surface area (TPSA) is 92.3 Å². The van der Waals surface area contributed by atoms with Crippen LogP contribution in [0.1, 0.15) is 49.7 Å². The van der Waals surface area contributed by atoms with E-state index in [0.29, 0.717) is 22.5 Å². The van der Waals surface area contributed by atoms with Gasteiger partial charge in [0.2, 0.25) is 5.91 Å². The number of pyridine rings is 1. The summed E-state index contributed by atoms with van der Waals surface area (Å²) in [6, 6.07) is 7.04. The molecular formula is C22H20N4O3S. The summed E-state index contributed by atoms with van der Waals surface area (Å²) >= 11 is 1.56. The van der Waals surface area contributed by atoms with Crippen LogP contribution in [0, 0.1) is 13.8 Å². The Hall–Kier alpha value is -3.39. The maximum absolute atomic E-state index is 12.9. The number of hydrogen-bond donors (Lipinski definition) is 1. The molecule has 152 valence electrons. The van der Waals surface area contributed by atoms with Crippen molar-refractivity contribution in [1.82, 2.24) is 14.9 Å². The normalized spacial score (nSPS) is 14.1. The molecule has 30 heavy (non-hydrogen) atoms. The van der Waals surface area contributed by atoms with E-state index >= 15 is 0 Å². The Morgan fingerprint density at radius 2 is 1.93 bits per heavy atom. The van der Waals surface area contributed by atoms with Gasteiger partial charge in [-0.3, -0.25) is 19.3 Å². The van der Waals surface area contributed by atoms with Crippen molar-refractivity contribution in [3.63, 3.8) is 0 Å². The Kier molecular flexibility index (Phi) is 4.95. The van der Waals surface area contributed by atoms with Crippen molar-refractivity contribution < 1.29 is 14.4 Å². The number of fused-ring (bicyclic) bond motifs is 1. The standard InChI is InChI=1S/C22H20N4O3S/c1-11-7-15(19-16(8-11)21(28)26(4)22(19)29)12(2)20(27)25-18-6-5-14(9-23-18)17-10-30-13(3)24-17/h5-10,12H,1-4H3,(H,23,25,27). The molecule has 1 N–H and O–H groups in total. The molecule has 0 saturated carbocycles. The number of thiazole rings is 1. The highest BCUT2D eigenvalue weighted by Gasteiger charge is 2.37. The van der Waals surface area contributed by atoms with Crippen LogP contribution in [0.15, 0.2) is 35.8 Å². The van der Waals surface area contributed by atoms with Crippen LogP contribution in [0.4, 0.5) is 5.82 Å². The maximum Gasteiger partial charge on any atom is 0.261 e. The van der Waals surface area contributed by atoms with Crippen LogP contribution >= 0.6 is 11.3 Å². The Balaban J connectivity index is 1.57. The Labute approximate surface area is 177 Å². The van der Waals surface area contributed by atoms with Gasteiger partial charge in [-0.15, -0.1) is 11.3 Å². The minimum Gasteiger partial charge on any atom is -0.310 e. The molecule has 0 fully saturated rings. The summed E-state index contributed by atoms with van der Waals surface area (Å²) in [5.41, 5.74) is 3.73. The first kappa shape index (κ1) is 19.9. The number of aromatic nitrogens is 2. The van der Waals surface area contributed by atoms with E-state index in [1.165, 1.54) is 7.05 Å². The lowest BCUT2D eigenvalue weighted by Crippen LogP contribution is -2.25. The van der Waals surface area contributed by atoms with Crippen LogP contribution in [0.5, 0.6) is 0 Å². The van der Waals surface area contributed by atoms with Gasteiger partial charge in [-0.1, -0.05) is 6.07 Å². The summed E-state index contributed by atoms with van der Waals surface area (Å²) < 4.78 is 0. The van der Waals surface area contributed by atoms with Crippen molar-refractivity contribution in [3.05, 3.63) is 63.1 Å². The van der Waals surface area contributed by atoms with Gasteiger partial charge in [0.05, 0.1) is 27.7 Å². The van der Waals surface area contributed by atoms with Gasteiger partial charge in [0.25, 0.3) is 11.8 Å². The third-order valence-electron chi connectivity index (χ3n) is 5.16. The molecule has 7 nitrogen and oxygen atoms in total. The van der Waals surface area contributed by atoms with Crippen molar-refractivity contribution in [2.24, 2.45) is 0 Å². The average molecular weight is 420 g/mol. The van der Waals surface area contributed by atoms with E-state index in [2.05, 4.69) is 15.3 Å². The molecule has 1 atom stereocenters. The lowest BCUT2D eigenvalue weighted by Gasteiger charge is -2.16. The molecule has 2 aromatic heterocycles. The van der Waals surface area contributed by atoms with E-state index in [1.807, 2.05) is 25.3 Å². The third kappa shape index (κ3) is 3.39. The fourth-order valence-corrected chi connectivity index (χ4v) is 4.12. The van der Waals surface area contributed by atoms with Gasteiger partial charge in [-0.05, 0) is 50.1 Å². The van der Waals surface area contributed by atoms with Crippen molar-refractivity contribution in [1.29, 1.82) is 0 Å². The molecule has 0 aliphatic carbocycles. The maximum atomic E-state index is 12.9. The van der Waals surface area contributed by atoms with E-state index in [1.54, 1.807) is 42.7 Å². The third-order valence-corrected chi connectivity index (χ3v) is 5.93. The van der Waals surface area contributed by atoms with E-state index in [-0.39, 0.29) is 17.7 Å². The molecule has 3 aromatic rings. The molecule has 0 bridgehead atoms. The number of hydrogen-bond acceptors (Lipinski definition) is 6. The number of carbonyl (C=O) groups excluding carboxylic acids is 3. The molecular weight excluding hydrogens is 400 g/mol. The summed E-state index contributed by atoms with van der Waals surface area (Å²) in [5, 5.41) is 5.73. The van der Waals surface area contributed by atoms with Gasteiger partial charge in [0, 0.05) is 24.2 Å². The predicted octanol–water partition coefficient (Wildman–Crippen LogP) is 3.79. The van der Waals surface area contributed by atoms with Gasteiger partial charge in [0.1, 0.15) is 5.82 Å². The zero-order valence-corrected chi connectivity index (χ0v) is 17.8. The largest absolute Gasteiger partial charge is 0.310 e. The fraction of sp³-hybridized carbons (Fsp3) is 0.227. The van der Waals surface area contributed by atoms with Crippen molar-refractivity contribution in [2.45, 2.75) is 26.7 Å². The average Bonchev–Trinajstić information content (AvgIpc) is 3.25. The first-order valence-electron chi connectivity index (χ1n) is 9.42. The van der Waals surface area contributed by atoms with Gasteiger partial charge in [-0.2, -0.15) is 0 Å². The lowest BCUT2D eigenvalue weighted by atomic mass is 9.90. The first-order chi connectivity index (χ1) is 14.3. The number of nitrogens with zero attached hydrogens (tertiary/aromatic N) is 3. The number of carbonyl (C=O) groups is 3. The number of benzene rings is 1. The summed E-state index contributed by atoms with van der Waals surface area (Å²) in [4.78, 5) is 47.6. The highest BCUT2D eigenvalue weighted by molar-refractivity contribution is 7.09. The number of aryl methyl sites for hydroxylation is 2. The summed E-state index contributed by atoms with van der Waals surface area (Å²) in [6.07, 6.45) is 1.66. The molecule has 1 aromatic carbocycles. The molecule has 3 amide bonds. The number of nitrogens with one attached hydrogen (secondary N) is 1. The van der Waals surface area contributed by atoms with Crippen molar-refractivity contribution >= 4 is 34.9 Å². The van der Waals surface area contributed by atoms with Crippen molar-refractivity contribution in [2.75, 3.05) is 12.4 Å². The quantitative estimate of drug-likeness (QED) is 0.649. The summed E-state index contributed by atoms with van der Waals surface area (Å²) in [6.45, 7) is 5.49. The van der Waals surface area contributed by atoms with Crippen molar-refractivity contribution in [3.8, 4) is 11.3 Å². The molecule has 1 aliphatic heterocycles. The summed E-state index contributed by atoms with van der Waals surface area (Å²) in [7, 11) is 1.45. The van der Waals surface area contributed by atoms with Crippen LogP contribution in [-0.4, -0.2) is 39.6 Å². The molecule has 8 heteroatoms. The van der Waals surface area contributed by atoms with Crippen LogP contribution in [0.25, 0.3) is 11.3 Å². The van der Waals surface area contributed by atoms with E-state index in [0.717, 1.165) is 26.7 Å². The second-order valence-corrected chi connectivity index (χ2v) is 8.40. The summed E-state index contributed by atoms with van der Waals surface area (Å²) in [5.74, 6) is -1.26. The molecule has 0 radical (unpaired) electrons. The van der Waals surface area contributed by atoms with E-state index < -0.39 is 5.92 Å². The Morgan fingerprint density at radius 1 is 1.17 bits per heavy atom. The van der Waals surface area contributed by atoms with Crippen LogP contribution < -0.4 is 5.32 Å². The Bertz CT molecular complexity index is 1180.